The molecule has 8 N–H and O–H groups in total. The Morgan fingerprint density at radius 2 is 1.38 bits per heavy atom. The van der Waals surface area contributed by atoms with Crippen LogP contribution in [0.2, 0.25) is 0 Å². The van der Waals surface area contributed by atoms with Crippen molar-refractivity contribution in [3.05, 3.63) is 29.8 Å². The number of carbonyl (C=O) groups excluding carboxylic acids is 11. The zero-order valence-electron chi connectivity index (χ0n) is 52.1. The molecule has 25 heteroatoms. The van der Waals surface area contributed by atoms with Crippen molar-refractivity contribution in [1.82, 2.24) is 41.7 Å². The fraction of sp³-hybridized carbons (Fsp3) is 0.712. The predicted octanol–water partition coefficient (Wildman–Crippen LogP) is 1.98. The molecule has 3 unspecified atom stereocenters. The minimum Gasteiger partial charge on any atom is -0.484 e. The first-order valence-corrected chi connectivity index (χ1v) is 29.3. The maximum absolute atomic E-state index is 15.2. The van der Waals surface area contributed by atoms with Crippen LogP contribution in [0.5, 0.6) is 5.75 Å². The summed E-state index contributed by atoms with van der Waals surface area (Å²) in [6.45, 7) is 24.0. The lowest BCUT2D eigenvalue weighted by atomic mass is 9.93. The van der Waals surface area contributed by atoms with Gasteiger partial charge in [-0.05, 0) is 89.3 Å². The summed E-state index contributed by atoms with van der Waals surface area (Å²) in [5.41, 5.74) is 5.33. The summed E-state index contributed by atoms with van der Waals surface area (Å²) >= 11 is 0. The van der Waals surface area contributed by atoms with Crippen LogP contribution in [-0.4, -0.2) is 182 Å². The van der Waals surface area contributed by atoms with Gasteiger partial charge in [0.15, 0.2) is 6.61 Å². The van der Waals surface area contributed by atoms with Crippen LogP contribution in [0.25, 0.3) is 0 Å². The molecule has 10 atom stereocenters. The average molecular weight is 1190 g/mol. The summed E-state index contributed by atoms with van der Waals surface area (Å²) in [5, 5.41) is 16.2. The van der Waals surface area contributed by atoms with E-state index >= 15 is 9.59 Å². The molecule has 0 aliphatic carbocycles. The van der Waals surface area contributed by atoms with Crippen molar-refractivity contribution in [3.63, 3.8) is 0 Å². The summed E-state index contributed by atoms with van der Waals surface area (Å²) in [6.07, 6.45) is -1.37. The molecular formula is C59H97N9O16. The normalized spacial score (nSPS) is 21.8. The van der Waals surface area contributed by atoms with Crippen LogP contribution >= 0.6 is 0 Å². The van der Waals surface area contributed by atoms with Gasteiger partial charge in [-0.1, -0.05) is 87.3 Å². The van der Waals surface area contributed by atoms with Crippen LogP contribution in [0.15, 0.2) is 24.3 Å². The number of nitrogens with two attached hydrogens (primary N) is 1. The molecule has 1 saturated heterocycles. The Morgan fingerprint density at radius 1 is 0.762 bits per heavy atom. The molecule has 1 fully saturated rings. The number of amides is 9. The second-order valence-corrected chi connectivity index (χ2v) is 23.0. The maximum Gasteiger partial charge on any atom is 0.332 e. The standard InChI is InChI=1S/C59H97N9O16/c1-16-36(9)48-58(79)83-38(11)49(66-52(73)42(24-25-45(60)69)63-51(72)35(7)8)55(76)64-43(30-34(5)6)53(74)62-41(18-3)56(77)68(19-4)50(37(10)17-2)57(78)67(15)44(54(75)65-48)31-39-20-22-40(23-21-39)82-32-46(70)61-26-27-80-28-29-81-33-47(71)84-59(12,13)14/h20-23,34-38,41-44,48-50H,16-19,24-33H2,1-15H3,(H2,60,69)(H,61,70)(H,62,74)(H,63,72)(H,64,76)(H,65,75)(H,66,73)/t36?,37?,38-,41?,42+,43+,44+,48+,49+,50+/m1/s1. The molecule has 1 aliphatic rings. The van der Waals surface area contributed by atoms with Gasteiger partial charge in [0.1, 0.15) is 66.4 Å². The number of carbonyl (C=O) groups is 11. The monoisotopic (exact) mass is 1190 g/mol. The smallest absolute Gasteiger partial charge is 0.332 e. The number of hydrogen-bond acceptors (Lipinski definition) is 16. The molecule has 0 bridgehead atoms. The van der Waals surface area contributed by atoms with E-state index in [1.807, 2.05) is 20.8 Å². The molecule has 0 spiro atoms. The Balaban J connectivity index is 2.65. The van der Waals surface area contributed by atoms with E-state index < -0.39 is 137 Å². The molecule has 0 saturated carbocycles. The molecule has 84 heavy (non-hydrogen) atoms. The second kappa shape index (κ2) is 36.1. The fourth-order valence-corrected chi connectivity index (χ4v) is 8.88. The highest BCUT2D eigenvalue weighted by atomic mass is 16.6. The zero-order chi connectivity index (χ0) is 63.6. The number of nitrogens with one attached hydrogen (secondary N) is 6. The summed E-state index contributed by atoms with van der Waals surface area (Å²) in [6, 6.07) is -3.10. The minimum absolute atomic E-state index is 0.0173. The van der Waals surface area contributed by atoms with Gasteiger partial charge in [0, 0.05) is 38.9 Å². The highest BCUT2D eigenvalue weighted by Gasteiger charge is 2.43. The van der Waals surface area contributed by atoms with Crippen LogP contribution in [0, 0.1) is 23.7 Å². The number of cyclic esters (lactones) is 1. The lowest BCUT2D eigenvalue weighted by Gasteiger charge is -2.40. The SMILES string of the molecule is CCC1NC(=O)[C@H](CC(C)C)NC(=O)[C@@H](NC(=O)[C@H](CCC(N)=O)NC(=O)C(C)C)[C@@H](C)OC(=O)[C@H](C(C)CC)NC(=O)[C@H](Cc2ccc(OCC(=O)NCCOCCOCC(=O)OC(C)(C)C)cc2)N(C)C(=O)[C@H](C(C)CC)N(CC)C1=O. The maximum atomic E-state index is 15.2. The van der Waals surface area contributed by atoms with Crippen LogP contribution in [0.3, 0.4) is 0 Å². The largest absolute Gasteiger partial charge is 0.484 e. The van der Waals surface area contributed by atoms with Gasteiger partial charge in [0.25, 0.3) is 5.91 Å². The number of likely N-dealkylation sites (N-methyl/N-ethyl adjacent to an activating group) is 2. The van der Waals surface area contributed by atoms with Gasteiger partial charge in [-0.15, -0.1) is 0 Å². The highest BCUT2D eigenvalue weighted by Crippen LogP contribution is 2.24. The van der Waals surface area contributed by atoms with Crippen LogP contribution < -0.4 is 42.4 Å². The first-order valence-electron chi connectivity index (χ1n) is 29.3. The van der Waals surface area contributed by atoms with E-state index in [9.17, 15) is 43.2 Å². The lowest BCUT2D eigenvalue weighted by Crippen LogP contribution is -2.62. The molecule has 9 amide bonds. The topological polar surface area (TPSA) is 339 Å². The zero-order valence-corrected chi connectivity index (χ0v) is 52.1. The molecule has 1 aromatic carbocycles. The summed E-state index contributed by atoms with van der Waals surface area (Å²) in [7, 11) is 1.43. The highest BCUT2D eigenvalue weighted by molar-refractivity contribution is 5.98. The molecular weight excluding hydrogens is 1090 g/mol. The third kappa shape index (κ3) is 24.7. The predicted molar refractivity (Wildman–Crippen MR) is 311 cm³/mol. The van der Waals surface area contributed by atoms with Crippen molar-refractivity contribution in [2.24, 2.45) is 29.4 Å². The average Bonchev–Trinajstić information content (AvgIpc) is 3.61. The van der Waals surface area contributed by atoms with Gasteiger partial charge in [-0.3, -0.25) is 43.2 Å². The van der Waals surface area contributed by atoms with E-state index in [-0.39, 0.29) is 84.1 Å². The molecule has 1 aliphatic heterocycles. The minimum atomic E-state index is -1.75. The van der Waals surface area contributed by atoms with Crippen molar-refractivity contribution in [1.29, 1.82) is 0 Å². The third-order valence-electron chi connectivity index (χ3n) is 14.1. The number of ether oxygens (including phenoxy) is 5. The van der Waals surface area contributed by atoms with Crippen LogP contribution in [-0.2, 0) is 78.1 Å². The van der Waals surface area contributed by atoms with E-state index in [0.717, 1.165) is 0 Å². The second-order valence-electron chi connectivity index (χ2n) is 23.0. The number of hydrogen-bond donors (Lipinski definition) is 7. The van der Waals surface area contributed by atoms with Crippen molar-refractivity contribution in [2.45, 2.75) is 196 Å². The number of primary amides is 1. The van der Waals surface area contributed by atoms with Gasteiger partial charge in [0.2, 0.25) is 47.3 Å². The van der Waals surface area contributed by atoms with Gasteiger partial charge in [-0.2, -0.15) is 0 Å². The molecule has 474 valence electrons. The summed E-state index contributed by atoms with van der Waals surface area (Å²) < 4.78 is 27.6. The molecule has 1 heterocycles. The Bertz CT molecular complexity index is 2360. The lowest BCUT2D eigenvalue weighted by molar-refractivity contribution is -0.161. The van der Waals surface area contributed by atoms with E-state index in [0.29, 0.717) is 24.2 Å². The van der Waals surface area contributed by atoms with Gasteiger partial charge in [-0.25, -0.2) is 9.59 Å². The van der Waals surface area contributed by atoms with Crippen molar-refractivity contribution in [3.8, 4) is 5.75 Å². The Morgan fingerprint density at radius 3 is 1.94 bits per heavy atom. The molecule has 1 aromatic rings. The first kappa shape index (κ1) is 73.2. The number of esters is 2. The van der Waals surface area contributed by atoms with Gasteiger partial charge >= 0.3 is 11.9 Å². The van der Waals surface area contributed by atoms with Crippen molar-refractivity contribution >= 4 is 65.1 Å². The summed E-state index contributed by atoms with van der Waals surface area (Å²) in [5.74, 6) is -9.48. The Labute approximate surface area is 495 Å². The van der Waals surface area contributed by atoms with Gasteiger partial charge in [0.05, 0.1) is 19.8 Å². The first-order chi connectivity index (χ1) is 39.4. The summed E-state index contributed by atoms with van der Waals surface area (Å²) in [4.78, 5) is 155. The van der Waals surface area contributed by atoms with Crippen LogP contribution in [0.1, 0.15) is 141 Å². The molecule has 2 rings (SSSR count). The van der Waals surface area contributed by atoms with E-state index in [4.69, 9.17) is 29.4 Å². The molecule has 0 aromatic heterocycles. The van der Waals surface area contributed by atoms with Crippen LogP contribution in [0.4, 0.5) is 0 Å². The Hall–Kier alpha value is -6.89. The number of rotatable bonds is 28. The molecule has 0 radical (unpaired) electrons. The third-order valence-corrected chi connectivity index (χ3v) is 14.1. The fourth-order valence-electron chi connectivity index (χ4n) is 8.88. The van der Waals surface area contributed by atoms with Crippen molar-refractivity contribution in [2.75, 3.05) is 53.2 Å². The number of nitrogens with zero attached hydrogens (tertiary/aromatic N) is 2. The van der Waals surface area contributed by atoms with Crippen molar-refractivity contribution < 1.29 is 76.4 Å². The van der Waals surface area contributed by atoms with E-state index in [1.165, 1.54) is 23.8 Å². The Kier molecular flexibility index (Phi) is 31.4. The van der Waals surface area contributed by atoms with E-state index in [2.05, 4.69) is 31.9 Å². The number of benzene rings is 1. The quantitative estimate of drug-likeness (QED) is 0.0466. The molecule has 25 nitrogen and oxygen atoms in total. The van der Waals surface area contributed by atoms with Gasteiger partial charge < -0.3 is 71.1 Å². The van der Waals surface area contributed by atoms with E-state index in [1.54, 1.807) is 93.5 Å².